The van der Waals surface area contributed by atoms with Crippen LogP contribution in [0.1, 0.15) is 18.1 Å². The summed E-state index contributed by atoms with van der Waals surface area (Å²) in [5, 5.41) is 9.49. The number of morpholine rings is 1. The van der Waals surface area contributed by atoms with E-state index < -0.39 is 0 Å². The molecular formula is C26H28FN7O. The molecule has 35 heavy (non-hydrogen) atoms. The number of nitrogens with zero attached hydrogens (tertiary/aromatic N) is 7. The predicted octanol–water partition coefficient (Wildman–Crippen LogP) is 3.41. The minimum absolute atomic E-state index is 0.118. The number of pyridine rings is 1. The molecular weight excluding hydrogens is 445 g/mol. The third-order valence-corrected chi connectivity index (χ3v) is 6.59. The van der Waals surface area contributed by atoms with Gasteiger partial charge in [0.05, 0.1) is 24.5 Å². The van der Waals surface area contributed by atoms with Gasteiger partial charge in [0, 0.05) is 56.6 Å². The molecule has 1 unspecified atom stereocenters. The van der Waals surface area contributed by atoms with Gasteiger partial charge in [-0.2, -0.15) is 10.2 Å². The van der Waals surface area contributed by atoms with Gasteiger partial charge in [0.15, 0.2) is 0 Å². The van der Waals surface area contributed by atoms with Gasteiger partial charge in [-0.05, 0) is 37.6 Å². The quantitative estimate of drug-likeness (QED) is 0.570. The van der Waals surface area contributed by atoms with E-state index in [2.05, 4.69) is 32.7 Å². The fourth-order valence-electron chi connectivity index (χ4n) is 4.60. The molecule has 4 heterocycles. The molecule has 0 saturated carbocycles. The van der Waals surface area contributed by atoms with E-state index in [9.17, 15) is 9.65 Å². The number of halogens is 1. The van der Waals surface area contributed by atoms with Crippen LogP contribution in [0.15, 0.2) is 42.6 Å². The molecule has 2 aromatic heterocycles. The first kappa shape index (κ1) is 23.0. The molecule has 3 aromatic rings. The van der Waals surface area contributed by atoms with Crippen molar-refractivity contribution in [2.45, 2.75) is 19.9 Å². The Bertz CT molecular complexity index is 1250. The Morgan fingerprint density at radius 1 is 1.06 bits per heavy atom. The van der Waals surface area contributed by atoms with Crippen molar-refractivity contribution in [3.05, 3.63) is 59.5 Å². The minimum Gasteiger partial charge on any atom is -0.378 e. The van der Waals surface area contributed by atoms with E-state index in [1.807, 2.05) is 12.1 Å². The summed E-state index contributed by atoms with van der Waals surface area (Å²) in [5.74, 6) is 1.91. The average Bonchev–Trinajstić information content (AvgIpc) is 2.90. The first-order valence-electron chi connectivity index (χ1n) is 11.9. The molecule has 0 N–H and O–H groups in total. The topological polar surface area (TPSA) is 81.4 Å². The molecule has 2 aliphatic heterocycles. The maximum absolute atomic E-state index is 14.4. The van der Waals surface area contributed by atoms with Gasteiger partial charge in [-0.3, -0.25) is 0 Å². The number of rotatable bonds is 4. The van der Waals surface area contributed by atoms with Gasteiger partial charge in [0.1, 0.15) is 23.5 Å². The molecule has 180 valence electrons. The van der Waals surface area contributed by atoms with Gasteiger partial charge in [0.2, 0.25) is 5.95 Å². The van der Waals surface area contributed by atoms with Crippen molar-refractivity contribution in [1.82, 2.24) is 15.0 Å². The summed E-state index contributed by atoms with van der Waals surface area (Å²) in [7, 11) is 0. The molecule has 8 nitrogen and oxygen atoms in total. The summed E-state index contributed by atoms with van der Waals surface area (Å²) in [6.45, 7) is 8.70. The summed E-state index contributed by atoms with van der Waals surface area (Å²) < 4.78 is 19.9. The minimum atomic E-state index is -0.249. The zero-order chi connectivity index (χ0) is 24.4. The number of piperazine rings is 1. The fourth-order valence-corrected chi connectivity index (χ4v) is 4.60. The van der Waals surface area contributed by atoms with Gasteiger partial charge in [-0.1, -0.05) is 12.1 Å². The number of hydrogen-bond acceptors (Lipinski definition) is 8. The number of aromatic nitrogens is 3. The van der Waals surface area contributed by atoms with E-state index in [0.717, 1.165) is 11.4 Å². The standard InChI is InChI=1S/C26H28FN7O/c1-18-5-6-20(14-22(18)27)23-15-24(31-26(30-23)32-10-12-35-13-11-32)34-9-8-33(17-19(34)2)25-21(16-28)4-3-7-29-25/h3-7,14-15,19H,8-13,17H2,1-2H3. The lowest BCUT2D eigenvalue weighted by Crippen LogP contribution is -2.53. The second kappa shape index (κ2) is 9.84. The average molecular weight is 474 g/mol. The molecule has 0 amide bonds. The zero-order valence-corrected chi connectivity index (χ0v) is 20.0. The van der Waals surface area contributed by atoms with Crippen molar-refractivity contribution in [2.24, 2.45) is 0 Å². The first-order valence-corrected chi connectivity index (χ1v) is 11.9. The Morgan fingerprint density at radius 3 is 2.63 bits per heavy atom. The van der Waals surface area contributed by atoms with Crippen molar-refractivity contribution in [3.8, 4) is 17.3 Å². The van der Waals surface area contributed by atoms with Gasteiger partial charge in [0.25, 0.3) is 0 Å². The van der Waals surface area contributed by atoms with Gasteiger partial charge in [-0.25, -0.2) is 14.4 Å². The van der Waals surface area contributed by atoms with Crippen LogP contribution < -0.4 is 14.7 Å². The summed E-state index contributed by atoms with van der Waals surface area (Å²) in [4.78, 5) is 20.7. The van der Waals surface area contributed by atoms with Crippen LogP contribution in [0.3, 0.4) is 0 Å². The molecule has 5 rings (SSSR count). The second-order valence-electron chi connectivity index (χ2n) is 8.95. The van der Waals surface area contributed by atoms with E-state index in [0.29, 0.717) is 74.5 Å². The van der Waals surface area contributed by atoms with Crippen molar-refractivity contribution in [3.63, 3.8) is 0 Å². The van der Waals surface area contributed by atoms with Crippen LogP contribution in [-0.4, -0.2) is 66.9 Å². The summed E-state index contributed by atoms with van der Waals surface area (Å²) in [6, 6.07) is 13.1. The molecule has 0 bridgehead atoms. The highest BCUT2D eigenvalue weighted by atomic mass is 19.1. The molecule has 2 saturated heterocycles. The highest BCUT2D eigenvalue weighted by Gasteiger charge is 2.28. The van der Waals surface area contributed by atoms with Crippen LogP contribution >= 0.6 is 0 Å². The lowest BCUT2D eigenvalue weighted by molar-refractivity contribution is 0.122. The third kappa shape index (κ3) is 4.75. The molecule has 2 aliphatic rings. The molecule has 1 aromatic carbocycles. The highest BCUT2D eigenvalue weighted by molar-refractivity contribution is 5.66. The SMILES string of the molecule is Cc1ccc(-c2cc(N3CCN(c4ncccc4C#N)CC3C)nc(N3CCOCC3)n2)cc1F. The lowest BCUT2D eigenvalue weighted by atomic mass is 10.1. The normalized spacial score (nSPS) is 18.5. The van der Waals surface area contributed by atoms with Crippen molar-refractivity contribution < 1.29 is 9.13 Å². The summed E-state index contributed by atoms with van der Waals surface area (Å²) >= 11 is 0. The van der Waals surface area contributed by atoms with E-state index in [4.69, 9.17) is 14.7 Å². The summed E-state index contributed by atoms with van der Waals surface area (Å²) in [5.41, 5.74) is 2.60. The van der Waals surface area contributed by atoms with E-state index in [-0.39, 0.29) is 11.9 Å². The van der Waals surface area contributed by atoms with Crippen LogP contribution in [0.25, 0.3) is 11.3 Å². The number of benzene rings is 1. The molecule has 0 spiro atoms. The monoisotopic (exact) mass is 473 g/mol. The van der Waals surface area contributed by atoms with Crippen LogP contribution in [-0.2, 0) is 4.74 Å². The van der Waals surface area contributed by atoms with E-state index >= 15 is 0 Å². The molecule has 0 aliphatic carbocycles. The molecule has 1 atom stereocenters. The highest BCUT2D eigenvalue weighted by Crippen LogP contribution is 2.29. The number of hydrogen-bond donors (Lipinski definition) is 0. The van der Waals surface area contributed by atoms with Gasteiger partial charge < -0.3 is 19.4 Å². The molecule has 9 heteroatoms. The smallest absolute Gasteiger partial charge is 0.228 e. The number of nitriles is 1. The molecule has 0 radical (unpaired) electrons. The maximum atomic E-state index is 14.4. The first-order chi connectivity index (χ1) is 17.0. The number of aryl methyl sites for hydroxylation is 1. The van der Waals surface area contributed by atoms with Crippen LogP contribution in [0.5, 0.6) is 0 Å². The Hall–Kier alpha value is -3.77. The Morgan fingerprint density at radius 2 is 1.89 bits per heavy atom. The van der Waals surface area contributed by atoms with Crippen LogP contribution in [0, 0.1) is 24.1 Å². The second-order valence-corrected chi connectivity index (χ2v) is 8.95. The zero-order valence-electron chi connectivity index (χ0n) is 20.0. The van der Waals surface area contributed by atoms with Gasteiger partial charge >= 0.3 is 0 Å². The number of ether oxygens (including phenoxy) is 1. The van der Waals surface area contributed by atoms with Crippen molar-refractivity contribution >= 4 is 17.6 Å². The van der Waals surface area contributed by atoms with E-state index in [1.165, 1.54) is 6.07 Å². The van der Waals surface area contributed by atoms with Gasteiger partial charge in [-0.15, -0.1) is 0 Å². The Labute approximate surface area is 204 Å². The fraction of sp³-hybridized carbons (Fsp3) is 0.385. The molecule has 2 fully saturated rings. The Kier molecular flexibility index (Phi) is 6.47. The maximum Gasteiger partial charge on any atom is 0.228 e. The van der Waals surface area contributed by atoms with Crippen LogP contribution in [0.4, 0.5) is 22.0 Å². The predicted molar refractivity (Wildman–Crippen MR) is 133 cm³/mol. The van der Waals surface area contributed by atoms with E-state index in [1.54, 1.807) is 31.3 Å². The third-order valence-electron chi connectivity index (χ3n) is 6.59. The van der Waals surface area contributed by atoms with Crippen molar-refractivity contribution in [2.75, 3.05) is 60.6 Å². The Balaban J connectivity index is 1.47. The lowest BCUT2D eigenvalue weighted by Gasteiger charge is -2.41. The largest absolute Gasteiger partial charge is 0.378 e. The van der Waals surface area contributed by atoms with Crippen molar-refractivity contribution in [1.29, 1.82) is 5.26 Å². The number of anilines is 3. The summed E-state index contributed by atoms with van der Waals surface area (Å²) in [6.07, 6.45) is 1.72. The van der Waals surface area contributed by atoms with Crippen LogP contribution in [0.2, 0.25) is 0 Å².